The van der Waals surface area contributed by atoms with E-state index >= 15 is 0 Å². The minimum Gasteiger partial charge on any atom is -0.398 e. The molecule has 2 rings (SSSR count). The Morgan fingerprint density at radius 3 is 2.77 bits per heavy atom. The number of anilines is 1. The maximum absolute atomic E-state index is 12.7. The molecule has 1 heterocycles. The second-order valence-corrected chi connectivity index (χ2v) is 5.79. The van der Waals surface area contributed by atoms with Crippen LogP contribution in [-0.2, 0) is 11.2 Å². The van der Waals surface area contributed by atoms with Crippen molar-refractivity contribution in [2.24, 2.45) is 0 Å². The summed E-state index contributed by atoms with van der Waals surface area (Å²) in [6, 6.07) is 5.28. The molecule has 116 valence electrons. The smallest absolute Gasteiger partial charge is 0.227 e. The number of nitrogens with two attached hydrogens (primary N) is 1. The number of amides is 1. The highest BCUT2D eigenvalue weighted by Gasteiger charge is 2.27. The van der Waals surface area contributed by atoms with E-state index in [-0.39, 0.29) is 18.4 Å². The predicted octanol–water partition coefficient (Wildman–Crippen LogP) is 3.75. The molecule has 1 aliphatic heterocycles. The lowest BCUT2D eigenvalue weighted by Gasteiger charge is -2.35. The van der Waals surface area contributed by atoms with E-state index in [1.54, 1.807) is 18.2 Å². The van der Waals surface area contributed by atoms with E-state index < -0.39 is 0 Å². The van der Waals surface area contributed by atoms with Crippen molar-refractivity contribution in [1.82, 2.24) is 4.90 Å². The van der Waals surface area contributed by atoms with Gasteiger partial charge < -0.3 is 10.6 Å². The number of hydrogen-bond acceptors (Lipinski definition) is 2. The normalized spacial score (nSPS) is 18.3. The molecule has 4 heteroatoms. The van der Waals surface area contributed by atoms with Gasteiger partial charge in [-0.1, -0.05) is 43.0 Å². The van der Waals surface area contributed by atoms with Gasteiger partial charge in [0.2, 0.25) is 5.91 Å². The van der Waals surface area contributed by atoms with Gasteiger partial charge in [0.25, 0.3) is 0 Å². The van der Waals surface area contributed by atoms with Crippen LogP contribution in [0.1, 0.15) is 18.9 Å². The lowest BCUT2D eigenvalue weighted by Crippen LogP contribution is -2.44. The molecule has 0 radical (unpaired) electrons. The quantitative estimate of drug-likeness (QED) is 0.860. The first-order valence-corrected chi connectivity index (χ1v) is 7.67. The summed E-state index contributed by atoms with van der Waals surface area (Å²) in [7, 11) is 0. The van der Waals surface area contributed by atoms with Crippen LogP contribution in [0.3, 0.4) is 0 Å². The molecule has 1 aromatic rings. The van der Waals surface area contributed by atoms with E-state index in [1.807, 2.05) is 24.0 Å². The molecule has 0 aliphatic carbocycles. The summed E-state index contributed by atoms with van der Waals surface area (Å²) in [6.45, 7) is 10.4. The van der Waals surface area contributed by atoms with Gasteiger partial charge in [-0.25, -0.2) is 0 Å². The van der Waals surface area contributed by atoms with E-state index in [4.69, 9.17) is 17.3 Å². The molecule has 3 nitrogen and oxygen atoms in total. The number of nitrogens with zero attached hydrogens (tertiary/aromatic N) is 1. The zero-order valence-electron chi connectivity index (χ0n) is 12.8. The van der Waals surface area contributed by atoms with Crippen LogP contribution in [0.15, 0.2) is 54.7 Å². The second kappa shape index (κ2) is 6.84. The highest BCUT2D eigenvalue weighted by molar-refractivity contribution is 6.32. The standard InChI is InChI=1S/C18H21ClN2O/c1-4-13-9-10-21(12(3)14(13)5-2)18(22)11-15-16(19)7-6-8-17(15)20/h4-8,12H,1-2,9-11,20H2,3H3. The maximum Gasteiger partial charge on any atom is 0.227 e. The molecule has 1 unspecified atom stereocenters. The molecule has 1 atom stereocenters. The number of rotatable bonds is 4. The first-order chi connectivity index (χ1) is 10.5. The van der Waals surface area contributed by atoms with Crippen LogP contribution >= 0.6 is 11.6 Å². The Morgan fingerprint density at radius 2 is 2.18 bits per heavy atom. The maximum atomic E-state index is 12.7. The van der Waals surface area contributed by atoms with E-state index in [2.05, 4.69) is 13.2 Å². The van der Waals surface area contributed by atoms with Crippen molar-refractivity contribution in [3.63, 3.8) is 0 Å². The molecule has 0 saturated carbocycles. The molecular weight excluding hydrogens is 296 g/mol. The monoisotopic (exact) mass is 316 g/mol. The van der Waals surface area contributed by atoms with Gasteiger partial charge in [-0.2, -0.15) is 0 Å². The molecule has 0 fully saturated rings. The van der Waals surface area contributed by atoms with Gasteiger partial charge in [-0.15, -0.1) is 0 Å². The fourth-order valence-corrected chi connectivity index (χ4v) is 3.14. The highest BCUT2D eigenvalue weighted by Crippen LogP contribution is 2.28. The van der Waals surface area contributed by atoms with Gasteiger partial charge in [-0.05, 0) is 36.6 Å². The molecule has 22 heavy (non-hydrogen) atoms. The molecule has 0 spiro atoms. The molecule has 0 aromatic heterocycles. The Balaban J connectivity index is 2.23. The first-order valence-electron chi connectivity index (χ1n) is 7.29. The van der Waals surface area contributed by atoms with Gasteiger partial charge in [-0.3, -0.25) is 4.79 Å². The Bertz CT molecular complexity index is 628. The number of nitrogen functional groups attached to an aromatic ring is 1. The SMILES string of the molecule is C=CC1=C(C=C)C(C)N(C(=O)Cc2c(N)cccc2Cl)CC1. The van der Waals surface area contributed by atoms with Crippen LogP contribution < -0.4 is 5.73 Å². The predicted molar refractivity (Wildman–Crippen MR) is 92.8 cm³/mol. The van der Waals surface area contributed by atoms with Crippen LogP contribution in [-0.4, -0.2) is 23.4 Å². The van der Waals surface area contributed by atoms with Gasteiger partial charge in [0.05, 0.1) is 12.5 Å². The fourth-order valence-electron chi connectivity index (χ4n) is 2.89. The molecule has 1 aliphatic rings. The number of carbonyl (C=O) groups excluding carboxylic acids is 1. The van der Waals surface area contributed by atoms with Crippen molar-refractivity contribution < 1.29 is 4.79 Å². The van der Waals surface area contributed by atoms with Crippen LogP contribution in [0.5, 0.6) is 0 Å². The number of hydrogen-bond donors (Lipinski definition) is 1. The number of carbonyl (C=O) groups is 1. The van der Waals surface area contributed by atoms with E-state index in [1.165, 1.54) is 0 Å². The average molecular weight is 317 g/mol. The summed E-state index contributed by atoms with van der Waals surface area (Å²) in [5.74, 6) is 0.0229. The molecule has 1 aromatic carbocycles. The van der Waals surface area contributed by atoms with Crippen molar-refractivity contribution >= 4 is 23.2 Å². The van der Waals surface area contributed by atoms with Crippen molar-refractivity contribution in [2.75, 3.05) is 12.3 Å². The summed E-state index contributed by atoms with van der Waals surface area (Å²) in [5, 5.41) is 0.532. The molecular formula is C18H21ClN2O. The lowest BCUT2D eigenvalue weighted by molar-refractivity contribution is -0.132. The summed E-state index contributed by atoms with van der Waals surface area (Å²) >= 11 is 6.16. The summed E-state index contributed by atoms with van der Waals surface area (Å²) in [4.78, 5) is 14.5. The Kier molecular flexibility index (Phi) is 5.09. The van der Waals surface area contributed by atoms with Crippen molar-refractivity contribution in [3.05, 3.63) is 65.2 Å². The van der Waals surface area contributed by atoms with Crippen LogP contribution in [0.25, 0.3) is 0 Å². The minimum absolute atomic E-state index is 0.0181. The van der Waals surface area contributed by atoms with Gasteiger partial charge >= 0.3 is 0 Å². The lowest BCUT2D eigenvalue weighted by atomic mass is 9.93. The summed E-state index contributed by atoms with van der Waals surface area (Å²) in [5.41, 5.74) is 9.40. The largest absolute Gasteiger partial charge is 0.398 e. The molecule has 0 saturated heterocycles. The van der Waals surface area contributed by atoms with Crippen LogP contribution in [0, 0.1) is 0 Å². The highest BCUT2D eigenvalue weighted by atomic mass is 35.5. The van der Waals surface area contributed by atoms with Crippen LogP contribution in [0.4, 0.5) is 5.69 Å². The Labute approximate surface area is 136 Å². The van der Waals surface area contributed by atoms with Crippen LogP contribution in [0.2, 0.25) is 5.02 Å². The van der Waals surface area contributed by atoms with Crippen molar-refractivity contribution in [1.29, 1.82) is 0 Å². The Morgan fingerprint density at radius 1 is 1.45 bits per heavy atom. The third-order valence-electron chi connectivity index (χ3n) is 4.18. The van der Waals surface area contributed by atoms with Gasteiger partial charge in [0, 0.05) is 22.8 Å². The topological polar surface area (TPSA) is 46.3 Å². The molecule has 1 amide bonds. The number of allylic oxidation sites excluding steroid dienone is 1. The van der Waals surface area contributed by atoms with E-state index in [9.17, 15) is 4.79 Å². The number of halogens is 1. The summed E-state index contributed by atoms with van der Waals surface area (Å²) < 4.78 is 0. The zero-order chi connectivity index (χ0) is 16.3. The molecule has 0 bridgehead atoms. The fraction of sp³-hybridized carbons (Fsp3) is 0.278. The average Bonchev–Trinajstić information content (AvgIpc) is 2.50. The summed E-state index contributed by atoms with van der Waals surface area (Å²) in [6.07, 6.45) is 4.66. The minimum atomic E-state index is -0.0181. The number of benzene rings is 1. The second-order valence-electron chi connectivity index (χ2n) is 5.39. The third kappa shape index (κ3) is 3.09. The van der Waals surface area contributed by atoms with Gasteiger partial charge in [0.1, 0.15) is 0 Å². The van der Waals surface area contributed by atoms with Gasteiger partial charge in [0.15, 0.2) is 0 Å². The van der Waals surface area contributed by atoms with Crippen molar-refractivity contribution in [3.8, 4) is 0 Å². The Hall–Kier alpha value is -2.00. The van der Waals surface area contributed by atoms with Crippen molar-refractivity contribution in [2.45, 2.75) is 25.8 Å². The third-order valence-corrected chi connectivity index (χ3v) is 4.53. The van der Waals surface area contributed by atoms with E-state index in [0.29, 0.717) is 22.8 Å². The molecule has 2 N–H and O–H groups in total. The first kappa shape index (κ1) is 16.4. The zero-order valence-corrected chi connectivity index (χ0v) is 13.6. The van der Waals surface area contributed by atoms with E-state index in [0.717, 1.165) is 17.6 Å².